The van der Waals surface area contributed by atoms with Crippen LogP contribution >= 0.6 is 23.2 Å². The van der Waals surface area contributed by atoms with Gasteiger partial charge in [-0.2, -0.15) is 5.10 Å². The predicted molar refractivity (Wildman–Crippen MR) is 86.5 cm³/mol. The second-order valence-corrected chi connectivity index (χ2v) is 5.87. The number of halogens is 2. The number of hydrogen-bond donors (Lipinski definition) is 1. The van der Waals surface area contributed by atoms with Crippen molar-refractivity contribution in [3.05, 3.63) is 45.7 Å². The normalized spacial score (nSPS) is 12.7. The first kappa shape index (κ1) is 16.1. The van der Waals surface area contributed by atoms with Gasteiger partial charge in [-0.1, -0.05) is 29.3 Å². The Morgan fingerprint density at radius 3 is 2.52 bits per heavy atom. The lowest BCUT2D eigenvalue weighted by molar-refractivity contribution is 0.396. The molecule has 0 fully saturated rings. The maximum atomic E-state index is 6.35. The number of rotatable bonds is 5. The van der Waals surface area contributed by atoms with Crippen LogP contribution in [0.4, 0.5) is 0 Å². The smallest absolute Gasteiger partial charge is 0.161 e. The van der Waals surface area contributed by atoms with Crippen molar-refractivity contribution in [2.24, 2.45) is 0 Å². The summed E-state index contributed by atoms with van der Waals surface area (Å²) in [5.74, 6) is 0.731. The van der Waals surface area contributed by atoms with E-state index in [0.29, 0.717) is 10.0 Å². The Hall–Kier alpha value is -1.23. The topological polar surface area (TPSA) is 39.1 Å². The minimum absolute atomic E-state index is 0.130. The van der Waals surface area contributed by atoms with Crippen LogP contribution in [0.2, 0.25) is 10.0 Å². The van der Waals surface area contributed by atoms with Gasteiger partial charge in [0.1, 0.15) is 5.69 Å². The Kier molecular flexibility index (Phi) is 5.14. The van der Waals surface area contributed by atoms with Gasteiger partial charge in [-0.3, -0.25) is 4.68 Å². The number of methoxy groups -OCH3 is 1. The Bertz CT molecular complexity index is 625. The molecule has 0 spiro atoms. The average Bonchev–Trinajstić information content (AvgIpc) is 2.86. The molecule has 6 heteroatoms. The molecule has 1 aromatic heterocycles. The molecule has 2 aromatic rings. The van der Waals surface area contributed by atoms with E-state index in [4.69, 9.17) is 27.9 Å². The van der Waals surface area contributed by atoms with Crippen molar-refractivity contribution in [1.29, 1.82) is 0 Å². The zero-order valence-electron chi connectivity index (χ0n) is 12.5. The summed E-state index contributed by atoms with van der Waals surface area (Å²) in [5.41, 5.74) is 1.88. The minimum Gasteiger partial charge on any atom is -0.493 e. The number of hydrogen-bond acceptors (Lipinski definition) is 3. The van der Waals surface area contributed by atoms with Crippen LogP contribution in [0.15, 0.2) is 24.4 Å². The molecule has 0 aliphatic carbocycles. The standard InChI is InChI=1S/C15H19Cl2N3O/c1-9(2)20-15(13(21-4)8-19-20)14(18-3)11-6-5-10(16)7-12(11)17/h5-9,14,18H,1-4H3. The molecule has 0 aliphatic heterocycles. The summed E-state index contributed by atoms with van der Waals surface area (Å²) < 4.78 is 7.39. The van der Waals surface area contributed by atoms with E-state index in [9.17, 15) is 0 Å². The molecule has 0 saturated carbocycles. The van der Waals surface area contributed by atoms with Crippen LogP contribution in [0, 0.1) is 0 Å². The summed E-state index contributed by atoms with van der Waals surface area (Å²) in [6.45, 7) is 4.15. The number of benzene rings is 1. The first-order valence-electron chi connectivity index (χ1n) is 6.73. The molecule has 0 saturated heterocycles. The van der Waals surface area contributed by atoms with Crippen molar-refractivity contribution in [2.45, 2.75) is 25.9 Å². The third-order valence-corrected chi connectivity index (χ3v) is 3.91. The van der Waals surface area contributed by atoms with Gasteiger partial charge >= 0.3 is 0 Å². The van der Waals surface area contributed by atoms with Crippen LogP contribution in [0.25, 0.3) is 0 Å². The van der Waals surface area contributed by atoms with Crippen molar-refractivity contribution >= 4 is 23.2 Å². The minimum atomic E-state index is -0.130. The second-order valence-electron chi connectivity index (χ2n) is 5.02. The highest BCUT2D eigenvalue weighted by atomic mass is 35.5. The molecular weight excluding hydrogens is 309 g/mol. The van der Waals surface area contributed by atoms with Crippen LogP contribution in [-0.4, -0.2) is 23.9 Å². The van der Waals surface area contributed by atoms with Gasteiger partial charge in [-0.05, 0) is 38.6 Å². The van der Waals surface area contributed by atoms with Gasteiger partial charge in [0.2, 0.25) is 0 Å². The fraction of sp³-hybridized carbons (Fsp3) is 0.400. The predicted octanol–water partition coefficient (Wildman–Crippen LogP) is 4.09. The Morgan fingerprint density at radius 1 is 1.29 bits per heavy atom. The molecule has 0 amide bonds. The average molecular weight is 328 g/mol. The van der Waals surface area contributed by atoms with E-state index in [1.165, 1.54) is 0 Å². The van der Waals surface area contributed by atoms with Crippen LogP contribution < -0.4 is 10.1 Å². The van der Waals surface area contributed by atoms with E-state index in [1.807, 2.05) is 23.9 Å². The van der Waals surface area contributed by atoms with Crippen LogP contribution in [0.3, 0.4) is 0 Å². The zero-order valence-corrected chi connectivity index (χ0v) is 14.0. The molecule has 4 nitrogen and oxygen atoms in total. The molecule has 1 unspecified atom stereocenters. The fourth-order valence-corrected chi connectivity index (χ4v) is 2.89. The van der Waals surface area contributed by atoms with Crippen LogP contribution in [0.5, 0.6) is 5.75 Å². The lowest BCUT2D eigenvalue weighted by atomic mass is 10.0. The number of nitrogens with zero attached hydrogens (tertiary/aromatic N) is 2. The second kappa shape index (κ2) is 6.69. The van der Waals surface area contributed by atoms with Gasteiger partial charge in [0.15, 0.2) is 5.75 Å². The van der Waals surface area contributed by atoms with Gasteiger partial charge in [0, 0.05) is 16.1 Å². The van der Waals surface area contributed by atoms with Crippen molar-refractivity contribution in [3.8, 4) is 5.75 Å². The van der Waals surface area contributed by atoms with Gasteiger partial charge in [0.25, 0.3) is 0 Å². The van der Waals surface area contributed by atoms with Crippen LogP contribution in [0.1, 0.15) is 37.2 Å². The molecule has 0 aliphatic rings. The largest absolute Gasteiger partial charge is 0.493 e. The molecule has 1 aromatic carbocycles. The maximum absolute atomic E-state index is 6.35. The first-order chi connectivity index (χ1) is 9.99. The van der Waals surface area contributed by atoms with Gasteiger partial charge in [0.05, 0.1) is 19.3 Å². The fourth-order valence-electron chi connectivity index (χ4n) is 2.37. The summed E-state index contributed by atoms with van der Waals surface area (Å²) in [7, 11) is 3.52. The van der Waals surface area contributed by atoms with Gasteiger partial charge in [-0.25, -0.2) is 0 Å². The molecule has 0 bridgehead atoms. The summed E-state index contributed by atoms with van der Waals surface area (Å²) in [6, 6.07) is 5.57. The van der Waals surface area contributed by atoms with E-state index < -0.39 is 0 Å². The van der Waals surface area contributed by atoms with Crippen LogP contribution in [-0.2, 0) is 0 Å². The molecular formula is C15H19Cl2N3O. The molecule has 114 valence electrons. The third-order valence-electron chi connectivity index (χ3n) is 3.34. The Morgan fingerprint density at radius 2 is 2.00 bits per heavy atom. The zero-order chi connectivity index (χ0) is 15.6. The number of nitrogens with one attached hydrogen (secondary N) is 1. The molecule has 1 heterocycles. The van der Waals surface area contributed by atoms with E-state index in [2.05, 4.69) is 24.3 Å². The van der Waals surface area contributed by atoms with Crippen molar-refractivity contribution in [3.63, 3.8) is 0 Å². The number of ether oxygens (including phenoxy) is 1. The monoisotopic (exact) mass is 327 g/mol. The Labute approximate surface area is 135 Å². The summed E-state index contributed by atoms with van der Waals surface area (Å²) in [6.07, 6.45) is 1.73. The quantitative estimate of drug-likeness (QED) is 0.898. The van der Waals surface area contributed by atoms with E-state index in [-0.39, 0.29) is 12.1 Å². The lowest BCUT2D eigenvalue weighted by Crippen LogP contribution is -2.23. The summed E-state index contributed by atoms with van der Waals surface area (Å²) in [5, 5.41) is 8.92. The van der Waals surface area contributed by atoms with E-state index in [0.717, 1.165) is 17.0 Å². The number of aromatic nitrogens is 2. The SMILES string of the molecule is CNC(c1ccc(Cl)cc1Cl)c1c(OC)cnn1C(C)C. The lowest BCUT2D eigenvalue weighted by Gasteiger charge is -2.22. The maximum Gasteiger partial charge on any atom is 0.161 e. The highest BCUT2D eigenvalue weighted by molar-refractivity contribution is 6.35. The Balaban J connectivity index is 2.58. The highest BCUT2D eigenvalue weighted by Gasteiger charge is 2.25. The third kappa shape index (κ3) is 3.18. The van der Waals surface area contributed by atoms with Gasteiger partial charge < -0.3 is 10.1 Å². The van der Waals surface area contributed by atoms with Crippen molar-refractivity contribution in [1.82, 2.24) is 15.1 Å². The molecule has 1 atom stereocenters. The molecule has 0 radical (unpaired) electrons. The van der Waals surface area contributed by atoms with Gasteiger partial charge in [-0.15, -0.1) is 0 Å². The van der Waals surface area contributed by atoms with E-state index >= 15 is 0 Å². The first-order valence-corrected chi connectivity index (χ1v) is 7.48. The summed E-state index contributed by atoms with van der Waals surface area (Å²) in [4.78, 5) is 0. The van der Waals surface area contributed by atoms with Crippen molar-refractivity contribution < 1.29 is 4.74 Å². The molecule has 21 heavy (non-hydrogen) atoms. The summed E-state index contributed by atoms with van der Waals surface area (Å²) >= 11 is 12.3. The molecule has 1 N–H and O–H groups in total. The van der Waals surface area contributed by atoms with E-state index in [1.54, 1.807) is 19.4 Å². The van der Waals surface area contributed by atoms with Crippen molar-refractivity contribution in [2.75, 3.05) is 14.2 Å². The molecule has 2 rings (SSSR count). The highest BCUT2D eigenvalue weighted by Crippen LogP contribution is 2.35.